The zero-order valence-corrected chi connectivity index (χ0v) is 13.2. The Labute approximate surface area is 133 Å². The number of nitrogens with zero attached hydrogens (tertiary/aromatic N) is 5. The Balaban J connectivity index is 1.97. The van der Waals surface area contributed by atoms with Crippen molar-refractivity contribution in [2.24, 2.45) is 5.92 Å². The third-order valence-corrected chi connectivity index (χ3v) is 4.55. The van der Waals surface area contributed by atoms with Gasteiger partial charge in [0.25, 0.3) is 0 Å². The average molecular weight is 320 g/mol. The molecule has 0 spiro atoms. The van der Waals surface area contributed by atoms with Crippen LogP contribution < -0.4 is 0 Å². The van der Waals surface area contributed by atoms with E-state index >= 15 is 0 Å². The van der Waals surface area contributed by atoms with E-state index in [4.69, 9.17) is 16.9 Å². The summed E-state index contributed by atoms with van der Waals surface area (Å²) in [6.07, 6.45) is 5.47. The Morgan fingerprint density at radius 3 is 2.77 bits per heavy atom. The van der Waals surface area contributed by atoms with Gasteiger partial charge in [0.05, 0.1) is 12.3 Å². The first-order chi connectivity index (χ1) is 10.6. The van der Waals surface area contributed by atoms with Crippen molar-refractivity contribution in [2.45, 2.75) is 51.2 Å². The molecule has 3 rings (SSSR count). The molecule has 0 aromatic carbocycles. The lowest BCUT2D eigenvalue weighted by molar-refractivity contribution is 0.175. The van der Waals surface area contributed by atoms with E-state index in [2.05, 4.69) is 21.0 Å². The normalized spacial score (nSPS) is 23.4. The van der Waals surface area contributed by atoms with Crippen molar-refractivity contribution in [1.29, 1.82) is 5.26 Å². The highest BCUT2D eigenvalue weighted by Gasteiger charge is 2.27. The van der Waals surface area contributed by atoms with Crippen LogP contribution in [0.1, 0.15) is 57.0 Å². The van der Waals surface area contributed by atoms with E-state index in [0.717, 1.165) is 25.7 Å². The molecule has 1 aliphatic rings. The molecule has 0 saturated heterocycles. The minimum atomic E-state index is -0.676. The molecule has 1 saturated carbocycles. The van der Waals surface area contributed by atoms with Crippen molar-refractivity contribution in [3.63, 3.8) is 0 Å². The SMILES string of the molecule is C[C@@H](O)c1nc2cnc(Cl)nc2n1C1CCC(CC#N)CC1. The summed E-state index contributed by atoms with van der Waals surface area (Å²) in [7, 11) is 0. The zero-order chi connectivity index (χ0) is 15.7. The zero-order valence-electron chi connectivity index (χ0n) is 12.4. The van der Waals surface area contributed by atoms with Gasteiger partial charge in [-0.2, -0.15) is 10.2 Å². The van der Waals surface area contributed by atoms with Gasteiger partial charge in [-0.25, -0.2) is 9.97 Å². The Morgan fingerprint density at radius 1 is 1.41 bits per heavy atom. The van der Waals surface area contributed by atoms with Crippen LogP contribution in [0.4, 0.5) is 0 Å². The van der Waals surface area contributed by atoms with E-state index in [1.54, 1.807) is 13.1 Å². The number of nitriles is 1. The van der Waals surface area contributed by atoms with Gasteiger partial charge in [-0.05, 0) is 50.1 Å². The second-order valence-electron chi connectivity index (χ2n) is 5.90. The van der Waals surface area contributed by atoms with Gasteiger partial charge < -0.3 is 9.67 Å². The van der Waals surface area contributed by atoms with Crippen LogP contribution in [0.2, 0.25) is 5.28 Å². The summed E-state index contributed by atoms with van der Waals surface area (Å²) in [5, 5.41) is 19.0. The van der Waals surface area contributed by atoms with Gasteiger partial charge in [0.15, 0.2) is 5.65 Å². The largest absolute Gasteiger partial charge is 0.385 e. The lowest BCUT2D eigenvalue weighted by atomic mass is 9.84. The van der Waals surface area contributed by atoms with Gasteiger partial charge in [0.1, 0.15) is 17.4 Å². The van der Waals surface area contributed by atoms with Crippen molar-refractivity contribution >= 4 is 22.8 Å². The molecule has 2 aromatic heterocycles. The molecule has 0 amide bonds. The first-order valence-corrected chi connectivity index (χ1v) is 7.93. The maximum atomic E-state index is 10.0. The Morgan fingerprint density at radius 2 is 2.14 bits per heavy atom. The number of fused-ring (bicyclic) bond motifs is 1. The van der Waals surface area contributed by atoms with E-state index in [-0.39, 0.29) is 11.3 Å². The highest BCUT2D eigenvalue weighted by atomic mass is 35.5. The van der Waals surface area contributed by atoms with Crippen LogP contribution in [0.25, 0.3) is 11.2 Å². The van der Waals surface area contributed by atoms with Crippen LogP contribution in [0.15, 0.2) is 6.20 Å². The van der Waals surface area contributed by atoms with E-state index in [9.17, 15) is 5.11 Å². The molecule has 1 N–H and O–H groups in total. The smallest absolute Gasteiger partial charge is 0.224 e. The van der Waals surface area contributed by atoms with Gasteiger partial charge in [0.2, 0.25) is 5.28 Å². The molecule has 7 heteroatoms. The molecular weight excluding hydrogens is 302 g/mol. The van der Waals surface area contributed by atoms with Crippen LogP contribution in [0.3, 0.4) is 0 Å². The Bertz CT molecular complexity index is 713. The summed E-state index contributed by atoms with van der Waals surface area (Å²) in [4.78, 5) is 12.7. The second kappa shape index (κ2) is 6.19. The predicted octanol–water partition coefficient (Wildman–Crippen LogP) is 3.18. The number of rotatable bonds is 3. The van der Waals surface area contributed by atoms with Crippen LogP contribution in [0.5, 0.6) is 0 Å². The molecule has 0 radical (unpaired) electrons. The molecule has 2 aromatic rings. The summed E-state index contributed by atoms with van der Waals surface area (Å²) in [6, 6.07) is 2.49. The number of aliphatic hydroxyl groups excluding tert-OH is 1. The van der Waals surface area contributed by atoms with Crippen molar-refractivity contribution in [1.82, 2.24) is 19.5 Å². The molecule has 2 heterocycles. The first-order valence-electron chi connectivity index (χ1n) is 7.55. The fourth-order valence-corrected chi connectivity index (χ4v) is 3.41. The number of hydrogen-bond donors (Lipinski definition) is 1. The van der Waals surface area contributed by atoms with E-state index in [0.29, 0.717) is 29.3 Å². The lowest BCUT2D eigenvalue weighted by Crippen LogP contribution is -2.21. The fraction of sp³-hybridized carbons (Fsp3) is 0.600. The number of aliphatic hydroxyl groups is 1. The maximum absolute atomic E-state index is 10.0. The molecule has 0 bridgehead atoms. The Kier molecular flexibility index (Phi) is 4.27. The number of imidazole rings is 1. The summed E-state index contributed by atoms with van der Waals surface area (Å²) >= 11 is 5.92. The van der Waals surface area contributed by atoms with Crippen LogP contribution in [-0.4, -0.2) is 24.6 Å². The van der Waals surface area contributed by atoms with E-state index < -0.39 is 6.10 Å². The molecule has 1 atom stereocenters. The molecule has 6 nitrogen and oxygen atoms in total. The van der Waals surface area contributed by atoms with Gasteiger partial charge in [-0.15, -0.1) is 0 Å². The minimum Gasteiger partial charge on any atom is -0.385 e. The molecule has 0 aliphatic heterocycles. The van der Waals surface area contributed by atoms with Gasteiger partial charge in [-0.3, -0.25) is 0 Å². The summed E-state index contributed by atoms with van der Waals surface area (Å²) in [5.41, 5.74) is 1.33. The molecule has 0 unspecified atom stereocenters. The molecule has 116 valence electrons. The number of halogens is 1. The third kappa shape index (κ3) is 2.79. The molecule has 1 aliphatic carbocycles. The maximum Gasteiger partial charge on any atom is 0.224 e. The van der Waals surface area contributed by atoms with Crippen LogP contribution in [-0.2, 0) is 0 Å². The first kappa shape index (κ1) is 15.2. The standard InChI is InChI=1S/C15H18ClN5O/c1-9(22)13-19-12-8-18-15(16)20-14(12)21(13)11-4-2-10(3-5-11)6-7-17/h8-11,22H,2-6H2,1H3/t9-,10?,11?/m1/s1. The third-order valence-electron chi connectivity index (χ3n) is 4.37. The number of hydrogen-bond acceptors (Lipinski definition) is 5. The van der Waals surface area contributed by atoms with E-state index in [1.165, 1.54) is 0 Å². The number of aromatic nitrogens is 4. The lowest BCUT2D eigenvalue weighted by Gasteiger charge is -2.29. The summed E-state index contributed by atoms with van der Waals surface area (Å²) in [6.45, 7) is 1.70. The second-order valence-corrected chi connectivity index (χ2v) is 6.24. The van der Waals surface area contributed by atoms with Crippen LogP contribution in [0, 0.1) is 17.2 Å². The van der Waals surface area contributed by atoms with Gasteiger partial charge in [0, 0.05) is 12.5 Å². The monoisotopic (exact) mass is 319 g/mol. The van der Waals surface area contributed by atoms with Gasteiger partial charge in [-0.1, -0.05) is 0 Å². The predicted molar refractivity (Wildman–Crippen MR) is 82.2 cm³/mol. The quantitative estimate of drug-likeness (QED) is 0.878. The van der Waals surface area contributed by atoms with Crippen molar-refractivity contribution in [3.8, 4) is 6.07 Å². The van der Waals surface area contributed by atoms with Crippen molar-refractivity contribution in [2.75, 3.05) is 0 Å². The van der Waals surface area contributed by atoms with Crippen LogP contribution >= 0.6 is 11.6 Å². The fourth-order valence-electron chi connectivity index (χ4n) is 3.28. The highest BCUT2D eigenvalue weighted by Crippen LogP contribution is 2.37. The van der Waals surface area contributed by atoms with Crippen molar-refractivity contribution in [3.05, 3.63) is 17.3 Å². The summed E-state index contributed by atoms with van der Waals surface area (Å²) < 4.78 is 2.01. The van der Waals surface area contributed by atoms with E-state index in [1.807, 2.05) is 4.57 Å². The minimum absolute atomic E-state index is 0.184. The molecular formula is C15H18ClN5O. The highest BCUT2D eigenvalue weighted by molar-refractivity contribution is 6.28. The molecule has 22 heavy (non-hydrogen) atoms. The van der Waals surface area contributed by atoms with Crippen molar-refractivity contribution < 1.29 is 5.11 Å². The average Bonchev–Trinajstić information content (AvgIpc) is 2.87. The Hall–Kier alpha value is -1.71. The topological polar surface area (TPSA) is 87.6 Å². The van der Waals surface area contributed by atoms with Gasteiger partial charge >= 0.3 is 0 Å². The summed E-state index contributed by atoms with van der Waals surface area (Å²) in [5.74, 6) is 1.08. The molecule has 1 fully saturated rings.